The van der Waals surface area contributed by atoms with Crippen LogP contribution in [0.5, 0.6) is 0 Å². The molecule has 0 aliphatic rings. The third-order valence-electron chi connectivity index (χ3n) is 3.71. The van der Waals surface area contributed by atoms with Crippen molar-refractivity contribution in [2.24, 2.45) is 0 Å². The number of fused-ring (bicyclic) bond motifs is 1. The third-order valence-corrected chi connectivity index (χ3v) is 5.49. The summed E-state index contributed by atoms with van der Waals surface area (Å²) in [5, 5.41) is 9.50. The number of halogens is 2. The van der Waals surface area contributed by atoms with Crippen molar-refractivity contribution in [3.05, 3.63) is 61.4 Å². The van der Waals surface area contributed by atoms with Crippen LogP contribution in [0.3, 0.4) is 0 Å². The predicted molar refractivity (Wildman–Crippen MR) is 107 cm³/mol. The standard InChI is InChI=1S/C18H16FIN2O3S/c1-10-6-13-16(17(24)22-25-5-4-23)15(26-18(13)21-9-10)7-11-2-3-12(20)8-14(11)19/h2-3,6,8-9,23H,4-5,7H2,1H3,(H,22,24). The minimum absolute atomic E-state index is 0.00777. The van der Waals surface area contributed by atoms with Crippen molar-refractivity contribution in [1.29, 1.82) is 0 Å². The van der Waals surface area contributed by atoms with Crippen molar-refractivity contribution in [2.45, 2.75) is 13.3 Å². The molecular formula is C18H16FIN2O3S. The van der Waals surface area contributed by atoms with Crippen LogP contribution in [-0.4, -0.2) is 29.2 Å². The number of hydrogen-bond acceptors (Lipinski definition) is 5. The fourth-order valence-corrected chi connectivity index (χ4v) is 4.16. The Hall–Kier alpha value is -1.62. The van der Waals surface area contributed by atoms with E-state index in [-0.39, 0.29) is 25.5 Å². The normalized spacial score (nSPS) is 11.1. The number of nitrogens with one attached hydrogen (secondary N) is 1. The van der Waals surface area contributed by atoms with Crippen LogP contribution in [0.2, 0.25) is 0 Å². The van der Waals surface area contributed by atoms with Gasteiger partial charge in [0.15, 0.2) is 0 Å². The van der Waals surface area contributed by atoms with Crippen molar-refractivity contribution >= 4 is 50.1 Å². The lowest BCUT2D eigenvalue weighted by atomic mass is 10.0. The fraction of sp³-hybridized carbons (Fsp3) is 0.222. The van der Waals surface area contributed by atoms with Gasteiger partial charge in [-0.05, 0) is 58.8 Å². The molecule has 0 spiro atoms. The van der Waals surface area contributed by atoms with Crippen molar-refractivity contribution in [1.82, 2.24) is 10.5 Å². The summed E-state index contributed by atoms with van der Waals surface area (Å²) in [5.41, 5.74) is 4.20. The molecule has 1 aromatic carbocycles. The van der Waals surface area contributed by atoms with E-state index in [2.05, 4.69) is 33.1 Å². The Balaban J connectivity index is 2.03. The number of aliphatic hydroxyl groups is 1. The molecule has 5 nitrogen and oxygen atoms in total. The van der Waals surface area contributed by atoms with Gasteiger partial charge >= 0.3 is 0 Å². The van der Waals surface area contributed by atoms with Gasteiger partial charge in [-0.1, -0.05) is 6.07 Å². The highest BCUT2D eigenvalue weighted by molar-refractivity contribution is 14.1. The Morgan fingerprint density at radius 2 is 2.23 bits per heavy atom. The highest BCUT2D eigenvalue weighted by Crippen LogP contribution is 2.33. The van der Waals surface area contributed by atoms with E-state index in [0.29, 0.717) is 26.2 Å². The van der Waals surface area contributed by atoms with Crippen molar-refractivity contribution < 1.29 is 19.1 Å². The lowest BCUT2D eigenvalue weighted by Gasteiger charge is -2.08. The van der Waals surface area contributed by atoms with Crippen LogP contribution in [0.15, 0.2) is 30.5 Å². The number of aliphatic hydroxyl groups excluding tert-OH is 1. The van der Waals surface area contributed by atoms with Gasteiger partial charge in [0.2, 0.25) is 0 Å². The number of carbonyl (C=O) groups excluding carboxylic acids is 1. The molecule has 26 heavy (non-hydrogen) atoms. The summed E-state index contributed by atoms with van der Waals surface area (Å²) < 4.78 is 15.1. The van der Waals surface area contributed by atoms with E-state index in [1.54, 1.807) is 12.3 Å². The van der Waals surface area contributed by atoms with E-state index in [0.717, 1.165) is 9.13 Å². The number of thiophene rings is 1. The second-order valence-electron chi connectivity index (χ2n) is 5.68. The first-order valence-corrected chi connectivity index (χ1v) is 9.74. The maximum atomic E-state index is 14.3. The molecule has 0 atom stereocenters. The minimum atomic E-state index is -0.432. The van der Waals surface area contributed by atoms with Crippen molar-refractivity contribution in [3.63, 3.8) is 0 Å². The van der Waals surface area contributed by atoms with Crippen LogP contribution in [0.25, 0.3) is 10.2 Å². The molecule has 0 saturated carbocycles. The molecule has 0 fully saturated rings. The number of hydrogen-bond donors (Lipinski definition) is 2. The Kier molecular flexibility index (Phi) is 6.17. The number of aromatic nitrogens is 1. The van der Waals surface area contributed by atoms with Gasteiger partial charge in [0.25, 0.3) is 5.91 Å². The Labute approximate surface area is 167 Å². The molecule has 2 heterocycles. The highest BCUT2D eigenvalue weighted by Gasteiger charge is 2.21. The molecule has 0 saturated heterocycles. The first kappa shape index (κ1) is 19.2. The summed E-state index contributed by atoms with van der Waals surface area (Å²) in [4.78, 5) is 23.4. The first-order valence-electron chi connectivity index (χ1n) is 7.84. The molecule has 0 aliphatic carbocycles. The average molecular weight is 486 g/mol. The highest BCUT2D eigenvalue weighted by atomic mass is 127. The predicted octanol–water partition coefficient (Wildman–Crippen LogP) is 3.59. The second-order valence-corrected chi connectivity index (χ2v) is 8.01. The molecule has 3 aromatic rings. The van der Waals surface area contributed by atoms with Gasteiger partial charge in [-0.25, -0.2) is 14.9 Å². The van der Waals surface area contributed by atoms with Crippen LogP contribution >= 0.6 is 33.9 Å². The number of aryl methyl sites for hydroxylation is 1. The van der Waals surface area contributed by atoms with Crippen LogP contribution in [0, 0.1) is 16.3 Å². The Morgan fingerprint density at radius 3 is 2.96 bits per heavy atom. The maximum Gasteiger partial charge on any atom is 0.276 e. The number of nitrogens with zero attached hydrogens (tertiary/aromatic N) is 1. The summed E-state index contributed by atoms with van der Waals surface area (Å²) in [6, 6.07) is 6.91. The van der Waals surface area contributed by atoms with Gasteiger partial charge in [-0.3, -0.25) is 9.63 Å². The second kappa shape index (κ2) is 8.38. The van der Waals surface area contributed by atoms with E-state index < -0.39 is 5.91 Å². The molecule has 2 aromatic heterocycles. The van der Waals surface area contributed by atoms with Crippen molar-refractivity contribution in [2.75, 3.05) is 13.2 Å². The van der Waals surface area contributed by atoms with E-state index in [1.807, 2.05) is 19.1 Å². The molecule has 0 bridgehead atoms. The number of pyridine rings is 1. The lowest BCUT2D eigenvalue weighted by molar-refractivity contribution is 0.0169. The van der Waals surface area contributed by atoms with Crippen LogP contribution in [-0.2, 0) is 11.3 Å². The molecule has 0 radical (unpaired) electrons. The van der Waals surface area contributed by atoms with Gasteiger partial charge in [0, 0.05) is 26.5 Å². The summed E-state index contributed by atoms with van der Waals surface area (Å²) in [5.74, 6) is -0.737. The zero-order chi connectivity index (χ0) is 18.7. The number of amides is 1. The van der Waals surface area contributed by atoms with E-state index in [9.17, 15) is 9.18 Å². The van der Waals surface area contributed by atoms with Gasteiger partial charge in [-0.2, -0.15) is 0 Å². The van der Waals surface area contributed by atoms with Gasteiger partial charge in [0.1, 0.15) is 10.6 Å². The zero-order valence-electron chi connectivity index (χ0n) is 13.9. The monoisotopic (exact) mass is 486 g/mol. The SMILES string of the molecule is Cc1cnc2sc(Cc3ccc(I)cc3F)c(C(=O)NOCCO)c2c1. The lowest BCUT2D eigenvalue weighted by Crippen LogP contribution is -2.25. The van der Waals surface area contributed by atoms with Gasteiger partial charge < -0.3 is 5.11 Å². The molecule has 2 N–H and O–H groups in total. The van der Waals surface area contributed by atoms with Crippen molar-refractivity contribution in [3.8, 4) is 0 Å². The number of hydroxylamine groups is 1. The van der Waals surface area contributed by atoms with E-state index >= 15 is 0 Å². The quantitative estimate of drug-likeness (QED) is 0.318. The summed E-state index contributed by atoms with van der Waals surface area (Å²) in [7, 11) is 0. The fourth-order valence-electron chi connectivity index (χ4n) is 2.56. The Bertz CT molecular complexity index is 961. The zero-order valence-corrected chi connectivity index (χ0v) is 16.9. The number of benzene rings is 1. The molecule has 0 aliphatic heterocycles. The van der Waals surface area contributed by atoms with Gasteiger partial charge in [-0.15, -0.1) is 11.3 Å². The third kappa shape index (κ3) is 4.20. The molecular weight excluding hydrogens is 470 g/mol. The summed E-state index contributed by atoms with van der Waals surface area (Å²) >= 11 is 3.42. The van der Waals surface area contributed by atoms with E-state index in [1.165, 1.54) is 17.4 Å². The topological polar surface area (TPSA) is 71.5 Å². The molecule has 136 valence electrons. The largest absolute Gasteiger partial charge is 0.394 e. The maximum absolute atomic E-state index is 14.3. The number of carbonyl (C=O) groups is 1. The molecule has 1 amide bonds. The average Bonchev–Trinajstić information content (AvgIpc) is 2.94. The van der Waals surface area contributed by atoms with Gasteiger partial charge in [0.05, 0.1) is 18.8 Å². The summed E-state index contributed by atoms with van der Waals surface area (Å²) in [6.07, 6.45) is 2.02. The Morgan fingerprint density at radius 1 is 1.42 bits per heavy atom. The van der Waals surface area contributed by atoms with Crippen LogP contribution < -0.4 is 5.48 Å². The molecule has 3 rings (SSSR count). The van der Waals surface area contributed by atoms with Crippen LogP contribution in [0.4, 0.5) is 4.39 Å². The van der Waals surface area contributed by atoms with E-state index in [4.69, 9.17) is 9.94 Å². The smallest absolute Gasteiger partial charge is 0.276 e. The minimum Gasteiger partial charge on any atom is -0.394 e. The summed E-state index contributed by atoms with van der Waals surface area (Å²) in [6.45, 7) is 1.69. The molecule has 0 unspecified atom stereocenters. The first-order chi connectivity index (χ1) is 12.5. The molecule has 8 heteroatoms. The number of rotatable bonds is 6. The van der Waals surface area contributed by atoms with Crippen LogP contribution in [0.1, 0.15) is 26.4 Å².